The fourth-order valence-electron chi connectivity index (χ4n) is 3.13. The molecule has 3 nitrogen and oxygen atoms in total. The van der Waals surface area contributed by atoms with Crippen molar-refractivity contribution in [1.29, 1.82) is 0 Å². The van der Waals surface area contributed by atoms with Crippen molar-refractivity contribution in [2.45, 2.75) is 45.4 Å². The summed E-state index contributed by atoms with van der Waals surface area (Å²) in [6.07, 6.45) is 1.82. The SMILES string of the molecule is CCNC(CCN1CC(C)OC(C)C1)c1cccc(Br)c1. The molecule has 1 heterocycles. The molecule has 1 fully saturated rings. The van der Waals surface area contributed by atoms with Crippen molar-refractivity contribution in [2.75, 3.05) is 26.2 Å². The first kappa shape index (κ1) is 16.9. The normalized spacial score (nSPS) is 25.0. The summed E-state index contributed by atoms with van der Waals surface area (Å²) in [5.74, 6) is 0. The van der Waals surface area contributed by atoms with E-state index in [1.807, 2.05) is 0 Å². The van der Waals surface area contributed by atoms with Crippen molar-refractivity contribution in [3.05, 3.63) is 34.3 Å². The summed E-state index contributed by atoms with van der Waals surface area (Å²) < 4.78 is 6.96. The Hall–Kier alpha value is -0.420. The standard InChI is InChI=1S/C17H27BrN2O/c1-4-19-17(15-6-5-7-16(18)10-15)8-9-20-11-13(2)21-14(3)12-20/h5-7,10,13-14,17,19H,4,8-9,11-12H2,1-3H3. The Labute approximate surface area is 137 Å². The Kier molecular flexibility index (Phi) is 6.68. The summed E-state index contributed by atoms with van der Waals surface area (Å²) in [4.78, 5) is 2.53. The van der Waals surface area contributed by atoms with Gasteiger partial charge in [-0.05, 0) is 44.5 Å². The highest BCUT2D eigenvalue weighted by Gasteiger charge is 2.22. The van der Waals surface area contributed by atoms with Gasteiger partial charge in [0.05, 0.1) is 12.2 Å². The van der Waals surface area contributed by atoms with Gasteiger partial charge in [0.25, 0.3) is 0 Å². The van der Waals surface area contributed by atoms with Gasteiger partial charge in [0.2, 0.25) is 0 Å². The summed E-state index contributed by atoms with van der Waals surface area (Å²) >= 11 is 3.57. The van der Waals surface area contributed by atoms with Gasteiger partial charge in [-0.1, -0.05) is 35.0 Å². The van der Waals surface area contributed by atoms with Crippen LogP contribution in [0.2, 0.25) is 0 Å². The number of rotatable bonds is 6. The van der Waals surface area contributed by atoms with Crippen LogP contribution in [0, 0.1) is 0 Å². The molecule has 0 radical (unpaired) electrons. The number of nitrogens with zero attached hydrogens (tertiary/aromatic N) is 1. The van der Waals surface area contributed by atoms with Crippen molar-refractivity contribution in [3.63, 3.8) is 0 Å². The third kappa shape index (κ3) is 5.37. The molecule has 1 aliphatic rings. The maximum atomic E-state index is 5.81. The summed E-state index contributed by atoms with van der Waals surface area (Å²) in [6, 6.07) is 9.04. The summed E-state index contributed by atoms with van der Waals surface area (Å²) in [5, 5.41) is 3.61. The fourth-order valence-corrected chi connectivity index (χ4v) is 3.55. The molecule has 3 atom stereocenters. The topological polar surface area (TPSA) is 24.5 Å². The molecule has 0 amide bonds. The highest BCUT2D eigenvalue weighted by atomic mass is 79.9. The highest BCUT2D eigenvalue weighted by Crippen LogP contribution is 2.22. The second-order valence-electron chi connectivity index (χ2n) is 5.97. The molecule has 0 bridgehead atoms. The van der Waals surface area contributed by atoms with Gasteiger partial charge in [-0.25, -0.2) is 0 Å². The molecular weight excluding hydrogens is 328 g/mol. The molecule has 0 saturated carbocycles. The molecule has 1 N–H and O–H groups in total. The van der Waals surface area contributed by atoms with Crippen molar-refractivity contribution in [3.8, 4) is 0 Å². The first-order valence-electron chi connectivity index (χ1n) is 7.95. The highest BCUT2D eigenvalue weighted by molar-refractivity contribution is 9.10. The van der Waals surface area contributed by atoms with Crippen LogP contribution >= 0.6 is 15.9 Å². The van der Waals surface area contributed by atoms with E-state index in [4.69, 9.17) is 4.74 Å². The van der Waals surface area contributed by atoms with Crippen LogP contribution in [0.1, 0.15) is 38.8 Å². The van der Waals surface area contributed by atoms with E-state index in [0.717, 1.165) is 37.1 Å². The van der Waals surface area contributed by atoms with Crippen molar-refractivity contribution < 1.29 is 4.74 Å². The lowest BCUT2D eigenvalue weighted by Gasteiger charge is -2.36. The number of hydrogen-bond acceptors (Lipinski definition) is 3. The Morgan fingerprint density at radius 2 is 2.05 bits per heavy atom. The van der Waals surface area contributed by atoms with Gasteiger partial charge >= 0.3 is 0 Å². The zero-order chi connectivity index (χ0) is 15.2. The van der Waals surface area contributed by atoms with E-state index >= 15 is 0 Å². The molecule has 21 heavy (non-hydrogen) atoms. The van der Waals surface area contributed by atoms with Crippen molar-refractivity contribution in [2.24, 2.45) is 0 Å². The molecule has 0 aliphatic carbocycles. The Morgan fingerprint density at radius 1 is 1.33 bits per heavy atom. The number of ether oxygens (including phenoxy) is 1. The minimum atomic E-state index is 0.345. The molecule has 4 heteroatoms. The van der Waals surface area contributed by atoms with E-state index < -0.39 is 0 Å². The van der Waals surface area contributed by atoms with Gasteiger partial charge < -0.3 is 10.1 Å². The molecule has 2 rings (SSSR count). The van der Waals surface area contributed by atoms with Crippen LogP contribution in [0.5, 0.6) is 0 Å². The van der Waals surface area contributed by atoms with Gasteiger partial charge in [0.1, 0.15) is 0 Å². The maximum absolute atomic E-state index is 5.81. The third-order valence-electron chi connectivity index (χ3n) is 3.93. The lowest BCUT2D eigenvalue weighted by Crippen LogP contribution is -2.46. The van der Waals surface area contributed by atoms with Crippen molar-refractivity contribution in [1.82, 2.24) is 10.2 Å². The zero-order valence-corrected chi connectivity index (χ0v) is 14.9. The predicted octanol–water partition coefficient (Wildman–Crippen LogP) is 3.60. The smallest absolute Gasteiger partial charge is 0.0678 e. The van der Waals surface area contributed by atoms with Crippen LogP contribution in [0.25, 0.3) is 0 Å². The van der Waals surface area contributed by atoms with Crippen LogP contribution in [0.4, 0.5) is 0 Å². The molecule has 3 unspecified atom stereocenters. The second kappa shape index (κ2) is 8.28. The predicted molar refractivity (Wildman–Crippen MR) is 91.6 cm³/mol. The first-order valence-corrected chi connectivity index (χ1v) is 8.74. The number of halogens is 1. The third-order valence-corrected chi connectivity index (χ3v) is 4.42. The van der Waals surface area contributed by atoms with Crippen LogP contribution in [0.15, 0.2) is 28.7 Å². The minimum absolute atomic E-state index is 0.345. The fraction of sp³-hybridized carbons (Fsp3) is 0.647. The second-order valence-corrected chi connectivity index (χ2v) is 6.89. The summed E-state index contributed by atoms with van der Waals surface area (Å²) in [5.41, 5.74) is 1.36. The van der Waals surface area contributed by atoms with E-state index in [1.54, 1.807) is 0 Å². The van der Waals surface area contributed by atoms with Crippen LogP contribution < -0.4 is 5.32 Å². The van der Waals surface area contributed by atoms with E-state index in [-0.39, 0.29) is 0 Å². The molecule has 1 aromatic rings. The maximum Gasteiger partial charge on any atom is 0.0678 e. The van der Waals surface area contributed by atoms with Gasteiger partial charge in [-0.3, -0.25) is 4.90 Å². The Balaban J connectivity index is 1.94. The van der Waals surface area contributed by atoms with E-state index in [0.29, 0.717) is 18.2 Å². The van der Waals surface area contributed by atoms with Crippen LogP contribution in [0.3, 0.4) is 0 Å². The monoisotopic (exact) mass is 354 g/mol. The number of benzene rings is 1. The van der Waals surface area contributed by atoms with E-state index in [9.17, 15) is 0 Å². The van der Waals surface area contributed by atoms with Gasteiger partial charge in [-0.2, -0.15) is 0 Å². The molecule has 118 valence electrons. The average molecular weight is 355 g/mol. The lowest BCUT2D eigenvalue weighted by molar-refractivity contribution is -0.0685. The van der Waals surface area contributed by atoms with Crippen LogP contribution in [-0.2, 0) is 4.74 Å². The quantitative estimate of drug-likeness (QED) is 0.844. The molecular formula is C17H27BrN2O. The van der Waals surface area contributed by atoms with Crippen LogP contribution in [-0.4, -0.2) is 43.3 Å². The molecule has 0 aromatic heterocycles. The zero-order valence-electron chi connectivity index (χ0n) is 13.3. The van der Waals surface area contributed by atoms with Crippen molar-refractivity contribution >= 4 is 15.9 Å². The molecule has 0 spiro atoms. The molecule has 1 aliphatic heterocycles. The minimum Gasteiger partial charge on any atom is -0.373 e. The average Bonchev–Trinajstić information content (AvgIpc) is 2.42. The lowest BCUT2D eigenvalue weighted by atomic mass is 10.0. The number of morpholine rings is 1. The van der Waals surface area contributed by atoms with Gasteiger partial charge in [0, 0.05) is 30.1 Å². The molecule has 1 saturated heterocycles. The largest absolute Gasteiger partial charge is 0.373 e. The van der Waals surface area contributed by atoms with E-state index in [2.05, 4.69) is 71.2 Å². The van der Waals surface area contributed by atoms with E-state index in [1.165, 1.54) is 5.56 Å². The summed E-state index contributed by atoms with van der Waals surface area (Å²) in [6.45, 7) is 10.7. The van der Waals surface area contributed by atoms with Gasteiger partial charge in [0.15, 0.2) is 0 Å². The Morgan fingerprint density at radius 3 is 2.67 bits per heavy atom. The summed E-state index contributed by atoms with van der Waals surface area (Å²) in [7, 11) is 0. The first-order chi connectivity index (χ1) is 10.1. The van der Waals surface area contributed by atoms with Gasteiger partial charge in [-0.15, -0.1) is 0 Å². The molecule has 1 aromatic carbocycles. The number of nitrogens with one attached hydrogen (secondary N) is 1. The number of hydrogen-bond donors (Lipinski definition) is 1. The Bertz CT molecular complexity index is 431.